The van der Waals surface area contributed by atoms with Crippen LogP contribution in [0, 0.1) is 22.7 Å². The van der Waals surface area contributed by atoms with Crippen molar-refractivity contribution in [3.63, 3.8) is 0 Å². The minimum Gasteiger partial charge on any atom is -0.308 e. The van der Waals surface area contributed by atoms with Crippen molar-refractivity contribution in [2.45, 2.75) is 89.4 Å². The molecular formula is C42H38N2O. The lowest BCUT2D eigenvalue weighted by atomic mass is 9.60. The lowest BCUT2D eigenvalue weighted by molar-refractivity contribution is 0.0688. The van der Waals surface area contributed by atoms with Crippen LogP contribution in [0.25, 0.3) is 49.2 Å². The van der Waals surface area contributed by atoms with E-state index in [9.17, 15) is 10.1 Å². The second-order valence-electron chi connectivity index (χ2n) is 15.5. The monoisotopic (exact) mass is 586 g/mol. The molecular weight excluding hydrogens is 548 g/mol. The molecule has 2 aromatic heterocycles. The van der Waals surface area contributed by atoms with E-state index in [1.54, 1.807) is 0 Å². The third kappa shape index (κ3) is 3.09. The maximum atomic E-state index is 14.5. The van der Waals surface area contributed by atoms with Crippen molar-refractivity contribution >= 4 is 43.9 Å². The average Bonchev–Trinajstić information content (AvgIpc) is 3.53. The molecule has 0 saturated heterocycles. The Labute approximate surface area is 264 Å². The summed E-state index contributed by atoms with van der Waals surface area (Å²) in [6.45, 7) is 6.94. The van der Waals surface area contributed by atoms with Crippen LogP contribution in [0.5, 0.6) is 0 Å². The van der Waals surface area contributed by atoms with Crippen LogP contribution in [0.15, 0.2) is 60.7 Å². The molecule has 0 amide bonds. The maximum Gasteiger partial charge on any atom is 0.169 e. The molecule has 2 saturated carbocycles. The highest BCUT2D eigenvalue weighted by Gasteiger charge is 2.52. The molecule has 0 atom stereocenters. The Kier molecular flexibility index (Phi) is 4.96. The topological polar surface area (TPSA) is 45.3 Å². The van der Waals surface area contributed by atoms with E-state index in [4.69, 9.17) is 0 Å². The van der Waals surface area contributed by atoms with Gasteiger partial charge in [0.05, 0.1) is 28.2 Å². The van der Waals surface area contributed by atoms with Crippen LogP contribution in [0.1, 0.15) is 117 Å². The second kappa shape index (κ2) is 8.55. The molecule has 3 nitrogen and oxygen atoms in total. The average molecular weight is 587 g/mol. The zero-order valence-corrected chi connectivity index (χ0v) is 26.5. The van der Waals surface area contributed by atoms with Crippen molar-refractivity contribution in [1.82, 2.24) is 4.40 Å². The fourth-order valence-corrected chi connectivity index (χ4v) is 10.8. The summed E-state index contributed by atoms with van der Waals surface area (Å²) in [6.07, 6.45) is 8.92. The van der Waals surface area contributed by atoms with E-state index >= 15 is 0 Å². The Balaban J connectivity index is 1.42. The highest BCUT2D eigenvalue weighted by molar-refractivity contribution is 6.26. The number of nitrogens with zero attached hydrogens (tertiary/aromatic N) is 2. The van der Waals surface area contributed by atoms with Crippen molar-refractivity contribution in [2.75, 3.05) is 0 Å². The number of ketones is 1. The van der Waals surface area contributed by atoms with Gasteiger partial charge in [0.1, 0.15) is 0 Å². The molecule has 0 radical (unpaired) electrons. The summed E-state index contributed by atoms with van der Waals surface area (Å²) in [4.78, 5) is 14.5. The summed E-state index contributed by atoms with van der Waals surface area (Å²) in [5.74, 6) is 1.80. The van der Waals surface area contributed by atoms with E-state index in [0.29, 0.717) is 23.5 Å². The van der Waals surface area contributed by atoms with Crippen LogP contribution in [0.2, 0.25) is 0 Å². The van der Waals surface area contributed by atoms with E-state index in [-0.39, 0.29) is 10.8 Å². The first kappa shape index (κ1) is 26.1. The molecule has 45 heavy (non-hydrogen) atoms. The fourth-order valence-electron chi connectivity index (χ4n) is 10.8. The minimum absolute atomic E-state index is 0.0256. The summed E-state index contributed by atoms with van der Waals surface area (Å²) in [5, 5.41) is 15.7. The van der Waals surface area contributed by atoms with Gasteiger partial charge < -0.3 is 4.40 Å². The van der Waals surface area contributed by atoms with Crippen molar-refractivity contribution in [3.05, 3.63) is 88.5 Å². The number of benzene rings is 4. The molecule has 12 rings (SSSR count). The molecule has 6 aromatic rings. The third-order valence-corrected chi connectivity index (χ3v) is 13.3. The Bertz CT molecular complexity index is 2300. The van der Waals surface area contributed by atoms with Gasteiger partial charge in [-0.2, -0.15) is 5.26 Å². The van der Waals surface area contributed by atoms with Crippen molar-refractivity contribution in [3.8, 4) is 17.2 Å². The molecule has 0 aliphatic heterocycles. The number of hydrogen-bond acceptors (Lipinski definition) is 2. The van der Waals surface area contributed by atoms with Gasteiger partial charge in [0.15, 0.2) is 5.78 Å². The predicted molar refractivity (Wildman–Crippen MR) is 183 cm³/mol. The van der Waals surface area contributed by atoms with Crippen LogP contribution in [-0.2, 0) is 5.41 Å². The van der Waals surface area contributed by atoms with Gasteiger partial charge in [0, 0.05) is 32.5 Å². The van der Waals surface area contributed by atoms with E-state index in [1.807, 2.05) is 0 Å². The van der Waals surface area contributed by atoms with Crippen molar-refractivity contribution < 1.29 is 4.79 Å². The zero-order valence-electron chi connectivity index (χ0n) is 26.5. The van der Waals surface area contributed by atoms with E-state index in [1.165, 1.54) is 80.6 Å². The van der Waals surface area contributed by atoms with Crippen molar-refractivity contribution in [1.29, 1.82) is 5.26 Å². The summed E-state index contributed by atoms with van der Waals surface area (Å²) in [6, 6.07) is 25.2. The molecule has 4 aromatic carbocycles. The number of rotatable bonds is 2. The largest absolute Gasteiger partial charge is 0.308 e. The number of carbonyl (C=O) groups is 1. The van der Waals surface area contributed by atoms with Crippen LogP contribution >= 0.6 is 0 Å². The Morgan fingerprint density at radius 1 is 0.800 bits per heavy atom. The lowest BCUT2D eigenvalue weighted by Gasteiger charge is -2.44. The molecule has 6 aliphatic rings. The van der Waals surface area contributed by atoms with Gasteiger partial charge in [0.25, 0.3) is 0 Å². The molecule has 2 fully saturated rings. The van der Waals surface area contributed by atoms with Crippen molar-refractivity contribution in [2.24, 2.45) is 11.3 Å². The van der Waals surface area contributed by atoms with E-state index < -0.39 is 0 Å². The molecule has 0 N–H and O–H groups in total. The predicted octanol–water partition coefficient (Wildman–Crippen LogP) is 10.8. The highest BCUT2D eigenvalue weighted by atomic mass is 16.1. The van der Waals surface area contributed by atoms with E-state index in [0.717, 1.165) is 47.8 Å². The van der Waals surface area contributed by atoms with Crippen LogP contribution in [-0.4, -0.2) is 10.2 Å². The first-order chi connectivity index (χ1) is 21.8. The molecule has 2 heterocycles. The maximum absolute atomic E-state index is 14.5. The molecule has 6 aliphatic carbocycles. The highest BCUT2D eigenvalue weighted by Crippen LogP contribution is 2.59. The Morgan fingerprint density at radius 3 is 2.18 bits per heavy atom. The quantitative estimate of drug-likeness (QED) is 0.203. The minimum atomic E-state index is -0.288. The van der Waals surface area contributed by atoms with Gasteiger partial charge in [-0.15, -0.1) is 0 Å². The van der Waals surface area contributed by atoms with Gasteiger partial charge in [-0.05, 0) is 133 Å². The van der Waals surface area contributed by atoms with Gasteiger partial charge in [-0.3, -0.25) is 4.79 Å². The Hall–Kier alpha value is -4.16. The fraction of sp³-hybridized carbons (Fsp3) is 0.381. The molecule has 222 valence electrons. The smallest absolute Gasteiger partial charge is 0.169 e. The van der Waals surface area contributed by atoms with Gasteiger partial charge in [0.2, 0.25) is 0 Å². The van der Waals surface area contributed by atoms with Gasteiger partial charge in [-0.25, -0.2) is 0 Å². The number of hydrogen-bond donors (Lipinski definition) is 0. The van der Waals surface area contributed by atoms with Crippen LogP contribution < -0.4 is 0 Å². The molecule has 0 unspecified atom stereocenters. The first-order valence-electron chi connectivity index (χ1n) is 17.2. The number of aromatic nitrogens is 1. The van der Waals surface area contributed by atoms with Gasteiger partial charge in [-0.1, -0.05) is 51.1 Å². The number of carbonyl (C=O) groups excluding carboxylic acids is 1. The SMILES string of the molecule is CC(C)C12CCC(C)(CC1)C(=O)c1cc3c(cc12)c1cc(-c2ccccc2)cc2c4c5c(c(C#N)cc4n3c12)C1CCC5CC1. The van der Waals surface area contributed by atoms with Crippen LogP contribution in [0.3, 0.4) is 0 Å². The second-order valence-corrected chi connectivity index (χ2v) is 15.5. The van der Waals surface area contributed by atoms with Gasteiger partial charge >= 0.3 is 0 Å². The lowest BCUT2D eigenvalue weighted by Crippen LogP contribution is -2.38. The zero-order chi connectivity index (χ0) is 30.4. The first-order valence-corrected chi connectivity index (χ1v) is 17.2. The third-order valence-electron chi connectivity index (χ3n) is 13.3. The van der Waals surface area contributed by atoms with E-state index in [2.05, 4.69) is 91.9 Å². The molecule has 4 bridgehead atoms. The Morgan fingerprint density at radius 2 is 1.49 bits per heavy atom. The molecule has 0 spiro atoms. The molecule has 3 heteroatoms. The number of fused-ring (bicyclic) bond motifs is 10. The summed E-state index contributed by atoms with van der Waals surface area (Å²) >= 11 is 0. The van der Waals surface area contributed by atoms with Crippen LogP contribution in [0.4, 0.5) is 0 Å². The number of Topliss-reactive ketones (excluding diaryl/α,β-unsaturated/α-hetero) is 1. The number of nitriles is 1. The summed E-state index contributed by atoms with van der Waals surface area (Å²) in [5.41, 5.74) is 11.6. The standard InChI is InChI=1S/C42H38N2O/c1-23(2)42-15-13-41(3,14-16-42)40(45)31-21-34-29(20-33(31)42)30-17-27(24-7-5-4-6-8-24)18-32-38-35(44(34)39(30)32)19-28(22-43)36-25-9-11-26(12-10-25)37(36)38/h4-8,17-21,23,25-26H,9-16H2,1-3H3. The normalized spacial score (nSPS) is 27.1. The summed E-state index contributed by atoms with van der Waals surface area (Å²) < 4.78 is 2.44. The summed E-state index contributed by atoms with van der Waals surface area (Å²) in [7, 11) is 0.